The Morgan fingerprint density at radius 3 is 1.96 bits per heavy atom. The maximum Gasteiger partial charge on any atom is 0.340 e. The van der Waals surface area contributed by atoms with Crippen molar-refractivity contribution in [2.75, 3.05) is 0 Å². The largest absolute Gasteiger partial charge is 0.441 e. The highest BCUT2D eigenvalue weighted by Crippen LogP contribution is 2.48. The van der Waals surface area contributed by atoms with E-state index in [0.717, 1.165) is 33.0 Å². The Hall–Kier alpha value is -3.39. The molecule has 0 N–H and O–H groups in total. The third-order valence-corrected chi connectivity index (χ3v) is 5.37. The smallest absolute Gasteiger partial charge is 0.340 e. The molecule has 0 saturated heterocycles. The molecule has 5 rings (SSSR count). The molecule has 1 heterocycles. The second kappa shape index (κ2) is 5.82. The van der Waals surface area contributed by atoms with Gasteiger partial charge in [0.15, 0.2) is 5.60 Å². The topological polar surface area (TPSA) is 26.3 Å². The van der Waals surface area contributed by atoms with Crippen molar-refractivity contribution >= 4 is 16.7 Å². The second-order valence-electron chi connectivity index (χ2n) is 7.02. The molecule has 0 fully saturated rings. The van der Waals surface area contributed by atoms with Crippen LogP contribution >= 0.6 is 0 Å². The normalized spacial score (nSPS) is 14.8. The SMILES string of the molecule is Cc1ccc2ccc3c(c2c1)C(=O)OC3(c1ccccc1)c1ccccc1. The van der Waals surface area contributed by atoms with Gasteiger partial charge in [-0.2, -0.15) is 0 Å². The Balaban J connectivity index is 1.90. The monoisotopic (exact) mass is 350 g/mol. The minimum absolute atomic E-state index is 0.270. The Morgan fingerprint density at radius 1 is 0.741 bits per heavy atom. The number of carbonyl (C=O) groups excluding carboxylic acids is 1. The van der Waals surface area contributed by atoms with Gasteiger partial charge >= 0.3 is 5.97 Å². The number of hydrogen-bond donors (Lipinski definition) is 0. The lowest BCUT2D eigenvalue weighted by atomic mass is 9.79. The fourth-order valence-corrected chi connectivity index (χ4v) is 4.13. The number of hydrogen-bond acceptors (Lipinski definition) is 2. The highest BCUT2D eigenvalue weighted by molar-refractivity contribution is 6.09. The van der Waals surface area contributed by atoms with Crippen LogP contribution in [0.15, 0.2) is 91.0 Å². The number of aryl methyl sites for hydroxylation is 1. The van der Waals surface area contributed by atoms with Gasteiger partial charge in [0.2, 0.25) is 0 Å². The summed E-state index contributed by atoms with van der Waals surface area (Å²) < 4.78 is 6.20. The number of ether oxygens (including phenoxy) is 1. The van der Waals surface area contributed by atoms with E-state index in [2.05, 4.69) is 24.3 Å². The summed E-state index contributed by atoms with van der Waals surface area (Å²) in [4.78, 5) is 13.1. The van der Waals surface area contributed by atoms with Gasteiger partial charge in [0.1, 0.15) is 0 Å². The molecule has 0 saturated carbocycles. The zero-order valence-electron chi connectivity index (χ0n) is 15.0. The maximum absolute atomic E-state index is 13.1. The molecule has 1 aliphatic rings. The van der Waals surface area contributed by atoms with Gasteiger partial charge in [0.25, 0.3) is 0 Å². The summed E-state index contributed by atoms with van der Waals surface area (Å²) in [7, 11) is 0. The van der Waals surface area contributed by atoms with Crippen LogP contribution in [0.3, 0.4) is 0 Å². The van der Waals surface area contributed by atoms with E-state index in [1.54, 1.807) is 0 Å². The highest BCUT2D eigenvalue weighted by Gasteiger charge is 2.49. The average Bonchev–Trinajstić information content (AvgIpc) is 3.03. The van der Waals surface area contributed by atoms with Crippen molar-refractivity contribution in [3.63, 3.8) is 0 Å². The molecule has 1 aliphatic heterocycles. The first kappa shape index (κ1) is 15.8. The standard InChI is InChI=1S/C25H18O2/c1-17-12-13-18-14-15-22-23(21(18)16-17)24(26)27-25(22,19-8-4-2-5-9-19)20-10-6-3-7-11-20/h2-16H,1H3. The highest BCUT2D eigenvalue weighted by atomic mass is 16.6. The number of carbonyl (C=O) groups is 1. The quantitative estimate of drug-likeness (QED) is 0.439. The van der Waals surface area contributed by atoms with E-state index in [-0.39, 0.29) is 5.97 Å². The Morgan fingerprint density at radius 2 is 1.33 bits per heavy atom. The predicted molar refractivity (Wildman–Crippen MR) is 107 cm³/mol. The van der Waals surface area contributed by atoms with E-state index in [0.29, 0.717) is 5.56 Å². The molecule has 0 atom stereocenters. The zero-order chi connectivity index (χ0) is 18.4. The third-order valence-electron chi connectivity index (χ3n) is 5.37. The molecule has 0 radical (unpaired) electrons. The molecule has 2 heteroatoms. The van der Waals surface area contributed by atoms with Gasteiger partial charge in [-0.3, -0.25) is 0 Å². The summed E-state index contributed by atoms with van der Waals surface area (Å²) in [6.45, 7) is 2.04. The Kier molecular flexibility index (Phi) is 3.41. The van der Waals surface area contributed by atoms with Crippen molar-refractivity contribution in [1.29, 1.82) is 0 Å². The van der Waals surface area contributed by atoms with E-state index in [4.69, 9.17) is 4.74 Å². The zero-order valence-corrected chi connectivity index (χ0v) is 15.0. The first-order valence-electron chi connectivity index (χ1n) is 9.08. The predicted octanol–water partition coefficient (Wildman–Crippen LogP) is 5.61. The van der Waals surface area contributed by atoms with Crippen molar-refractivity contribution in [2.24, 2.45) is 0 Å². The van der Waals surface area contributed by atoms with Crippen LogP contribution < -0.4 is 0 Å². The molecule has 0 unspecified atom stereocenters. The summed E-state index contributed by atoms with van der Waals surface area (Å²) in [5.74, 6) is -0.270. The van der Waals surface area contributed by atoms with Gasteiger partial charge in [0, 0.05) is 16.7 Å². The Bertz CT molecular complexity index is 1120. The van der Waals surface area contributed by atoms with Gasteiger partial charge in [-0.1, -0.05) is 96.6 Å². The summed E-state index contributed by atoms with van der Waals surface area (Å²) in [5.41, 5.74) is 3.69. The number of cyclic esters (lactones) is 1. The molecule has 2 nitrogen and oxygen atoms in total. The fourth-order valence-electron chi connectivity index (χ4n) is 4.13. The third kappa shape index (κ3) is 2.23. The Labute approximate surface area is 158 Å². The molecule has 0 spiro atoms. The van der Waals surface area contributed by atoms with E-state index in [9.17, 15) is 4.79 Å². The molecular weight excluding hydrogens is 332 g/mol. The maximum atomic E-state index is 13.1. The molecule has 4 aromatic carbocycles. The first-order valence-corrected chi connectivity index (χ1v) is 9.08. The van der Waals surface area contributed by atoms with Crippen LogP contribution in [-0.4, -0.2) is 5.97 Å². The van der Waals surface area contributed by atoms with Crippen molar-refractivity contribution in [3.8, 4) is 0 Å². The van der Waals surface area contributed by atoms with E-state index in [1.165, 1.54) is 0 Å². The van der Waals surface area contributed by atoms with Gasteiger partial charge in [-0.15, -0.1) is 0 Å². The molecule has 4 aromatic rings. The first-order chi connectivity index (χ1) is 13.2. The second-order valence-corrected chi connectivity index (χ2v) is 7.02. The lowest BCUT2D eigenvalue weighted by Gasteiger charge is -2.30. The van der Waals surface area contributed by atoms with Gasteiger partial charge in [0.05, 0.1) is 5.56 Å². The van der Waals surface area contributed by atoms with Crippen LogP contribution in [0.25, 0.3) is 10.8 Å². The minimum atomic E-state index is -0.924. The number of benzene rings is 4. The molecule has 27 heavy (non-hydrogen) atoms. The van der Waals surface area contributed by atoms with Crippen LogP contribution in [0.4, 0.5) is 0 Å². The van der Waals surface area contributed by atoms with E-state index >= 15 is 0 Å². The summed E-state index contributed by atoms with van der Waals surface area (Å²) in [5, 5.41) is 2.00. The fraction of sp³-hybridized carbons (Fsp3) is 0.0800. The van der Waals surface area contributed by atoms with Gasteiger partial charge in [-0.25, -0.2) is 4.79 Å². The lowest BCUT2D eigenvalue weighted by Crippen LogP contribution is -2.29. The number of esters is 1. The van der Waals surface area contributed by atoms with Crippen molar-refractivity contribution in [1.82, 2.24) is 0 Å². The van der Waals surface area contributed by atoms with Crippen molar-refractivity contribution < 1.29 is 9.53 Å². The lowest BCUT2D eigenvalue weighted by molar-refractivity contribution is 0.0252. The molecule has 130 valence electrons. The molecule has 0 amide bonds. The summed E-state index contributed by atoms with van der Waals surface area (Å²) in [6.07, 6.45) is 0. The molecular formula is C25H18O2. The van der Waals surface area contributed by atoms with Crippen LogP contribution in [0.2, 0.25) is 0 Å². The van der Waals surface area contributed by atoms with Crippen LogP contribution in [0.1, 0.15) is 32.6 Å². The van der Waals surface area contributed by atoms with Gasteiger partial charge in [-0.05, 0) is 17.7 Å². The van der Waals surface area contributed by atoms with Crippen LogP contribution in [0, 0.1) is 6.92 Å². The average molecular weight is 350 g/mol. The van der Waals surface area contributed by atoms with E-state index in [1.807, 2.05) is 73.7 Å². The van der Waals surface area contributed by atoms with Crippen LogP contribution in [-0.2, 0) is 10.3 Å². The van der Waals surface area contributed by atoms with Crippen molar-refractivity contribution in [2.45, 2.75) is 12.5 Å². The molecule has 0 aliphatic carbocycles. The van der Waals surface area contributed by atoms with E-state index < -0.39 is 5.60 Å². The summed E-state index contributed by atoms with van der Waals surface area (Å²) >= 11 is 0. The molecule has 0 bridgehead atoms. The van der Waals surface area contributed by atoms with Crippen LogP contribution in [0.5, 0.6) is 0 Å². The summed E-state index contributed by atoms with van der Waals surface area (Å²) in [6, 6.07) is 30.3. The minimum Gasteiger partial charge on any atom is -0.441 e. The van der Waals surface area contributed by atoms with Crippen molar-refractivity contribution in [3.05, 3.63) is 119 Å². The van der Waals surface area contributed by atoms with Gasteiger partial charge < -0.3 is 4.74 Å². The molecule has 0 aromatic heterocycles. The number of rotatable bonds is 2. The number of fused-ring (bicyclic) bond motifs is 3.